The third-order valence-corrected chi connectivity index (χ3v) is 3.14. The van der Waals surface area contributed by atoms with Crippen LogP contribution in [0.15, 0.2) is 33.8 Å². The van der Waals surface area contributed by atoms with Crippen molar-refractivity contribution in [1.29, 1.82) is 0 Å². The average Bonchev–Trinajstić information content (AvgIpc) is 3.04. The van der Waals surface area contributed by atoms with Crippen LogP contribution in [0, 0.1) is 27.2 Å². The molecule has 0 saturated heterocycles. The van der Waals surface area contributed by atoms with E-state index in [4.69, 9.17) is 13.9 Å². The van der Waals surface area contributed by atoms with Gasteiger partial charge in [0.25, 0.3) is 11.6 Å². The van der Waals surface area contributed by atoms with E-state index in [0.717, 1.165) is 13.2 Å². The lowest BCUT2D eigenvalue weighted by Crippen LogP contribution is -2.25. The van der Waals surface area contributed by atoms with Crippen molar-refractivity contribution in [2.24, 2.45) is 5.10 Å². The number of rotatable bonds is 8. The van der Waals surface area contributed by atoms with Gasteiger partial charge >= 0.3 is 5.69 Å². The summed E-state index contributed by atoms with van der Waals surface area (Å²) in [6, 6.07) is 5.03. The quantitative estimate of drug-likeness (QED) is 0.414. The molecule has 0 bridgehead atoms. The number of benzene rings is 1. The number of carbonyl (C=O) groups excluding carboxylic acids is 1. The second-order valence-electron chi connectivity index (χ2n) is 5.04. The Morgan fingerprint density at radius 1 is 1.30 bits per heavy atom. The topological polar surface area (TPSA) is 159 Å². The number of amides is 1. The molecule has 142 valence electrons. The lowest BCUT2D eigenvalue weighted by Gasteiger charge is -2.10. The lowest BCUT2D eigenvalue weighted by atomic mass is 10.2. The minimum Gasteiger partial charge on any atom is -0.492 e. The number of nitro groups is 2. The van der Waals surface area contributed by atoms with Crippen molar-refractivity contribution in [1.82, 2.24) is 5.43 Å². The predicted molar refractivity (Wildman–Crippen MR) is 91.0 cm³/mol. The van der Waals surface area contributed by atoms with Crippen LogP contribution < -0.4 is 14.9 Å². The monoisotopic (exact) mass is 378 g/mol. The van der Waals surface area contributed by atoms with E-state index in [1.165, 1.54) is 6.21 Å². The van der Waals surface area contributed by atoms with E-state index in [9.17, 15) is 25.0 Å². The highest BCUT2D eigenvalue weighted by atomic mass is 16.6. The predicted octanol–water partition coefficient (Wildman–Crippen LogP) is 1.94. The molecule has 0 aliphatic heterocycles. The van der Waals surface area contributed by atoms with Crippen molar-refractivity contribution in [3.05, 3.63) is 56.0 Å². The molecule has 0 saturated carbocycles. The SMILES string of the molecule is COc1cc([N+](=O)[O-])cc([N+](=O)[O-])c1OCC(=O)N/N=C\c1ccc(C)o1. The van der Waals surface area contributed by atoms with Crippen LogP contribution in [-0.2, 0) is 4.79 Å². The number of ether oxygens (including phenoxy) is 2. The number of nitro benzene ring substituents is 2. The van der Waals surface area contributed by atoms with E-state index in [-0.39, 0.29) is 5.75 Å². The normalized spacial score (nSPS) is 10.6. The fraction of sp³-hybridized carbons (Fsp3) is 0.200. The van der Waals surface area contributed by atoms with Gasteiger partial charge in [0.2, 0.25) is 5.75 Å². The number of nitrogens with zero attached hydrogens (tertiary/aromatic N) is 3. The molecule has 1 aromatic carbocycles. The van der Waals surface area contributed by atoms with Crippen LogP contribution in [0.25, 0.3) is 0 Å². The number of aryl methyl sites for hydroxylation is 1. The fourth-order valence-electron chi connectivity index (χ4n) is 1.97. The molecular weight excluding hydrogens is 364 g/mol. The van der Waals surface area contributed by atoms with Crippen LogP contribution in [0.1, 0.15) is 11.5 Å². The number of nitrogens with one attached hydrogen (secondary N) is 1. The minimum absolute atomic E-state index is 0.252. The van der Waals surface area contributed by atoms with Gasteiger partial charge in [0.05, 0.1) is 35.3 Å². The summed E-state index contributed by atoms with van der Waals surface area (Å²) in [7, 11) is 1.16. The first-order chi connectivity index (χ1) is 12.8. The molecule has 0 spiro atoms. The Hall–Kier alpha value is -3.96. The van der Waals surface area contributed by atoms with Gasteiger partial charge in [0.15, 0.2) is 12.4 Å². The second kappa shape index (κ2) is 8.42. The maximum atomic E-state index is 11.8. The van der Waals surface area contributed by atoms with Gasteiger partial charge < -0.3 is 13.9 Å². The summed E-state index contributed by atoms with van der Waals surface area (Å²) in [5.41, 5.74) is 0.900. The molecule has 27 heavy (non-hydrogen) atoms. The maximum absolute atomic E-state index is 11.8. The molecular formula is C15H14N4O8. The third kappa shape index (κ3) is 5.01. The second-order valence-corrected chi connectivity index (χ2v) is 5.04. The Balaban J connectivity index is 2.09. The molecule has 12 heteroatoms. The number of furan rings is 1. The number of non-ortho nitro benzene ring substituents is 1. The number of methoxy groups -OCH3 is 1. The van der Waals surface area contributed by atoms with E-state index in [1.54, 1.807) is 19.1 Å². The van der Waals surface area contributed by atoms with Crippen molar-refractivity contribution in [2.45, 2.75) is 6.92 Å². The molecule has 1 N–H and O–H groups in total. The zero-order valence-electron chi connectivity index (χ0n) is 14.2. The summed E-state index contributed by atoms with van der Waals surface area (Å²) in [5.74, 6) is -0.290. The Kier molecular flexibility index (Phi) is 6.04. The van der Waals surface area contributed by atoms with Crippen LogP contribution in [-0.4, -0.2) is 35.7 Å². The van der Waals surface area contributed by atoms with Crippen molar-refractivity contribution in [2.75, 3.05) is 13.7 Å². The van der Waals surface area contributed by atoms with Gasteiger partial charge in [-0.25, -0.2) is 5.43 Å². The van der Waals surface area contributed by atoms with E-state index in [0.29, 0.717) is 17.6 Å². The van der Waals surface area contributed by atoms with E-state index in [1.807, 2.05) is 0 Å². The van der Waals surface area contributed by atoms with Gasteiger partial charge in [-0.2, -0.15) is 5.10 Å². The molecule has 12 nitrogen and oxygen atoms in total. The Morgan fingerprint density at radius 2 is 2.04 bits per heavy atom. The van der Waals surface area contributed by atoms with Gasteiger partial charge in [-0.05, 0) is 19.1 Å². The summed E-state index contributed by atoms with van der Waals surface area (Å²) in [4.78, 5) is 32.1. The van der Waals surface area contributed by atoms with Crippen molar-refractivity contribution in [3.8, 4) is 11.5 Å². The first-order valence-corrected chi connectivity index (χ1v) is 7.33. The van der Waals surface area contributed by atoms with Crippen molar-refractivity contribution < 1.29 is 28.5 Å². The zero-order valence-corrected chi connectivity index (χ0v) is 14.2. The van der Waals surface area contributed by atoms with Crippen molar-refractivity contribution >= 4 is 23.5 Å². The Morgan fingerprint density at radius 3 is 2.59 bits per heavy atom. The summed E-state index contributed by atoms with van der Waals surface area (Å²) >= 11 is 0. The highest BCUT2D eigenvalue weighted by molar-refractivity contribution is 5.81. The van der Waals surface area contributed by atoms with Gasteiger partial charge in [-0.3, -0.25) is 25.0 Å². The molecule has 1 aromatic heterocycles. The van der Waals surface area contributed by atoms with Gasteiger partial charge in [0, 0.05) is 0 Å². The molecule has 0 radical (unpaired) electrons. The summed E-state index contributed by atoms with van der Waals surface area (Å²) < 4.78 is 15.2. The summed E-state index contributed by atoms with van der Waals surface area (Å²) in [5, 5.41) is 25.7. The van der Waals surface area contributed by atoms with Crippen LogP contribution >= 0.6 is 0 Å². The molecule has 1 amide bonds. The molecule has 0 aliphatic carbocycles. The molecule has 0 unspecified atom stereocenters. The smallest absolute Gasteiger partial charge is 0.321 e. The molecule has 0 atom stereocenters. The van der Waals surface area contributed by atoms with Crippen LogP contribution in [0.5, 0.6) is 11.5 Å². The zero-order chi connectivity index (χ0) is 20.0. The molecule has 0 fully saturated rings. The first-order valence-electron chi connectivity index (χ1n) is 7.33. The molecule has 2 aromatic rings. The van der Waals surface area contributed by atoms with Gasteiger partial charge in [-0.15, -0.1) is 0 Å². The summed E-state index contributed by atoms with van der Waals surface area (Å²) in [6.07, 6.45) is 1.26. The number of hydrogen-bond acceptors (Lipinski definition) is 9. The van der Waals surface area contributed by atoms with Gasteiger partial charge in [0.1, 0.15) is 11.5 Å². The highest BCUT2D eigenvalue weighted by Crippen LogP contribution is 2.40. The van der Waals surface area contributed by atoms with E-state index >= 15 is 0 Å². The maximum Gasteiger partial charge on any atom is 0.321 e. The first kappa shape index (κ1) is 19.4. The van der Waals surface area contributed by atoms with Crippen LogP contribution in [0.3, 0.4) is 0 Å². The molecule has 0 aliphatic rings. The van der Waals surface area contributed by atoms with Gasteiger partial charge in [-0.1, -0.05) is 0 Å². The minimum atomic E-state index is -0.875. The largest absolute Gasteiger partial charge is 0.492 e. The Bertz CT molecular complexity index is 905. The van der Waals surface area contributed by atoms with Crippen molar-refractivity contribution in [3.63, 3.8) is 0 Å². The average molecular weight is 378 g/mol. The van der Waals surface area contributed by atoms with E-state index < -0.39 is 39.5 Å². The molecule has 1 heterocycles. The number of hydrazone groups is 1. The highest BCUT2D eigenvalue weighted by Gasteiger charge is 2.27. The summed E-state index contributed by atoms with van der Waals surface area (Å²) in [6.45, 7) is 1.11. The standard InChI is InChI=1S/C15H14N4O8/c1-9-3-4-11(27-9)7-16-17-14(20)8-26-15-12(19(23)24)5-10(18(21)22)6-13(15)25-2/h3-7H,8H2,1-2H3,(H,17,20)/b16-7-. The van der Waals surface area contributed by atoms with Crippen LogP contribution in [0.2, 0.25) is 0 Å². The Labute approximate surface area is 151 Å². The van der Waals surface area contributed by atoms with E-state index in [2.05, 4.69) is 10.5 Å². The lowest BCUT2D eigenvalue weighted by molar-refractivity contribution is -0.394. The fourth-order valence-corrected chi connectivity index (χ4v) is 1.97. The number of carbonyl (C=O) groups is 1. The number of hydrogen-bond donors (Lipinski definition) is 1. The third-order valence-electron chi connectivity index (χ3n) is 3.14. The van der Waals surface area contributed by atoms with Crippen LogP contribution in [0.4, 0.5) is 11.4 Å². The molecule has 2 rings (SSSR count).